The largest absolute Gasteiger partial charge is 0.595 e. The number of hydrogen-bond donors (Lipinski definition) is 3. The molecule has 0 radical (unpaired) electrons. The molecule has 3 atom stereocenters. The topological polar surface area (TPSA) is 110 Å². The fraction of sp³-hybridized carbons (Fsp3) is 0.300. The lowest BCUT2D eigenvalue weighted by molar-refractivity contribution is -0.991. The van der Waals surface area contributed by atoms with Crippen molar-refractivity contribution in [2.45, 2.75) is 31.5 Å². The van der Waals surface area contributed by atoms with Gasteiger partial charge in [-0.25, -0.2) is 9.60 Å². The minimum Gasteiger partial charge on any atom is -0.595 e. The maximum Gasteiger partial charge on any atom is 0.244 e. The summed E-state index contributed by atoms with van der Waals surface area (Å²) >= 11 is 6.07. The number of likely N-dealkylation sites (tertiary alicyclic amines) is 1. The molecule has 4 rings (SSSR count). The fourth-order valence-corrected chi connectivity index (χ4v) is 3.94. The minimum absolute atomic E-state index is 0.217. The second-order valence-corrected chi connectivity index (χ2v) is 7.67. The van der Waals surface area contributed by atoms with E-state index < -0.39 is 17.1 Å². The molecule has 1 aliphatic heterocycles. The van der Waals surface area contributed by atoms with Crippen LogP contribution in [0.1, 0.15) is 35.3 Å². The molecule has 1 saturated heterocycles. The maximum absolute atomic E-state index is 13.2. The average Bonchev–Trinajstić information content (AvgIpc) is 3.30. The van der Waals surface area contributed by atoms with Crippen molar-refractivity contribution >= 4 is 17.3 Å². The van der Waals surface area contributed by atoms with E-state index in [4.69, 9.17) is 16.1 Å². The SMILES string of the molecule is [O-][NH+](O)c1ccccc1CN1C[C@H](O)C[C@H]1c1nc(Cc2ccc(F)cc2Cl)no1. The predicted molar refractivity (Wildman–Crippen MR) is 105 cm³/mol. The Morgan fingerprint density at radius 3 is 2.83 bits per heavy atom. The first kappa shape index (κ1) is 20.9. The van der Waals surface area contributed by atoms with Gasteiger partial charge in [0.1, 0.15) is 5.82 Å². The highest BCUT2D eigenvalue weighted by Crippen LogP contribution is 2.33. The summed E-state index contributed by atoms with van der Waals surface area (Å²) in [5, 5.41) is 34.4. The van der Waals surface area contributed by atoms with Gasteiger partial charge in [0.15, 0.2) is 11.5 Å². The second kappa shape index (κ2) is 8.76. The number of benzene rings is 2. The molecule has 2 heterocycles. The quantitative estimate of drug-likeness (QED) is 0.510. The van der Waals surface area contributed by atoms with Gasteiger partial charge in [-0.3, -0.25) is 4.90 Å². The van der Waals surface area contributed by atoms with E-state index in [0.29, 0.717) is 42.4 Å². The number of hydrogen-bond acceptors (Lipinski definition) is 7. The van der Waals surface area contributed by atoms with E-state index in [1.54, 1.807) is 30.3 Å². The number of para-hydroxylation sites is 1. The number of quaternary nitrogens is 1. The van der Waals surface area contributed by atoms with Crippen LogP contribution in [-0.4, -0.2) is 38.0 Å². The number of aliphatic hydroxyl groups excluding tert-OH is 1. The van der Waals surface area contributed by atoms with E-state index in [0.717, 1.165) is 0 Å². The van der Waals surface area contributed by atoms with Crippen molar-refractivity contribution in [2.75, 3.05) is 6.54 Å². The molecule has 10 heteroatoms. The van der Waals surface area contributed by atoms with Gasteiger partial charge in [-0.05, 0) is 24.1 Å². The molecule has 1 fully saturated rings. The van der Waals surface area contributed by atoms with Crippen molar-refractivity contribution in [3.63, 3.8) is 0 Å². The van der Waals surface area contributed by atoms with E-state index in [2.05, 4.69) is 10.1 Å². The average molecular weight is 435 g/mol. The zero-order chi connectivity index (χ0) is 21.3. The summed E-state index contributed by atoms with van der Waals surface area (Å²) in [6.07, 6.45) is 0.0855. The summed E-state index contributed by atoms with van der Waals surface area (Å²) in [6.45, 7) is 0.686. The first-order valence-corrected chi connectivity index (χ1v) is 9.78. The molecule has 0 amide bonds. The Morgan fingerprint density at radius 1 is 1.27 bits per heavy atom. The summed E-state index contributed by atoms with van der Waals surface area (Å²) in [4.78, 5) is 6.36. The van der Waals surface area contributed by atoms with Gasteiger partial charge in [-0.15, -0.1) is 0 Å². The number of rotatable bonds is 6. The summed E-state index contributed by atoms with van der Waals surface area (Å²) in [6, 6.07) is 10.5. The van der Waals surface area contributed by atoms with Crippen LogP contribution in [0.5, 0.6) is 0 Å². The number of aliphatic hydroxyl groups is 1. The Balaban J connectivity index is 1.53. The van der Waals surface area contributed by atoms with Crippen LogP contribution in [0.15, 0.2) is 47.0 Å². The molecule has 0 aliphatic carbocycles. The third-order valence-corrected chi connectivity index (χ3v) is 5.49. The van der Waals surface area contributed by atoms with E-state index in [-0.39, 0.29) is 23.2 Å². The molecule has 2 aromatic carbocycles. The van der Waals surface area contributed by atoms with Gasteiger partial charge in [0.25, 0.3) is 0 Å². The van der Waals surface area contributed by atoms with Gasteiger partial charge in [0.2, 0.25) is 5.89 Å². The lowest BCUT2D eigenvalue weighted by Crippen LogP contribution is -2.99. The van der Waals surface area contributed by atoms with Crippen molar-refractivity contribution in [1.82, 2.24) is 15.0 Å². The van der Waals surface area contributed by atoms with Crippen LogP contribution in [0.3, 0.4) is 0 Å². The second-order valence-electron chi connectivity index (χ2n) is 7.26. The molecule has 8 nitrogen and oxygen atoms in total. The standard InChI is InChI=1S/C20H20ClFN4O4/c21-16-8-14(22)6-5-12(16)7-19-23-20(30-24-19)18-9-15(27)11-25(18)10-13-3-1-2-4-17(13)26(28)29/h1-6,8,15,18,26-28H,7,9-11H2/t15-,18+/m1/s1. The monoisotopic (exact) mass is 434 g/mol. The fourth-order valence-electron chi connectivity index (χ4n) is 3.71. The molecule has 30 heavy (non-hydrogen) atoms. The molecule has 3 N–H and O–H groups in total. The molecule has 0 spiro atoms. The van der Waals surface area contributed by atoms with Gasteiger partial charge >= 0.3 is 0 Å². The Morgan fingerprint density at radius 2 is 2.07 bits per heavy atom. The Hall–Kier alpha value is -2.40. The van der Waals surface area contributed by atoms with Crippen LogP contribution < -0.4 is 5.23 Å². The van der Waals surface area contributed by atoms with Crippen LogP contribution in [0.25, 0.3) is 0 Å². The summed E-state index contributed by atoms with van der Waals surface area (Å²) in [5.41, 5.74) is 1.53. The lowest BCUT2D eigenvalue weighted by Gasteiger charge is -2.23. The highest BCUT2D eigenvalue weighted by atomic mass is 35.5. The van der Waals surface area contributed by atoms with Crippen LogP contribution in [0, 0.1) is 11.0 Å². The maximum atomic E-state index is 13.2. The lowest BCUT2D eigenvalue weighted by atomic mass is 10.1. The van der Waals surface area contributed by atoms with Gasteiger partial charge in [0, 0.05) is 36.2 Å². The van der Waals surface area contributed by atoms with E-state index in [1.807, 2.05) is 4.90 Å². The first-order chi connectivity index (χ1) is 14.4. The molecule has 1 aliphatic rings. The van der Waals surface area contributed by atoms with E-state index >= 15 is 0 Å². The molecule has 1 unspecified atom stereocenters. The predicted octanol–water partition coefficient (Wildman–Crippen LogP) is 2.16. The number of β-amino-alcohol motifs (C(OH)–C–C–N with tert-alkyl or cyclic N) is 1. The zero-order valence-corrected chi connectivity index (χ0v) is 16.6. The van der Waals surface area contributed by atoms with Crippen LogP contribution in [0.4, 0.5) is 10.1 Å². The number of aromatic nitrogens is 2. The molecule has 0 saturated carbocycles. The van der Waals surface area contributed by atoms with Gasteiger partial charge in [0.05, 0.1) is 12.1 Å². The Kier molecular flexibility index (Phi) is 6.09. The van der Waals surface area contributed by atoms with Crippen molar-refractivity contribution in [3.05, 3.63) is 81.4 Å². The van der Waals surface area contributed by atoms with E-state index in [1.165, 1.54) is 12.1 Å². The molecule has 0 bridgehead atoms. The minimum atomic E-state index is -1.00. The Bertz CT molecular complexity index is 1030. The highest BCUT2D eigenvalue weighted by Gasteiger charge is 2.36. The summed E-state index contributed by atoms with van der Waals surface area (Å²) < 4.78 is 18.7. The van der Waals surface area contributed by atoms with Gasteiger partial charge < -0.3 is 14.8 Å². The third kappa shape index (κ3) is 4.51. The van der Waals surface area contributed by atoms with Crippen molar-refractivity contribution in [1.29, 1.82) is 0 Å². The highest BCUT2D eigenvalue weighted by molar-refractivity contribution is 6.31. The van der Waals surface area contributed by atoms with Crippen LogP contribution >= 0.6 is 11.6 Å². The molecule has 1 aromatic heterocycles. The summed E-state index contributed by atoms with van der Waals surface area (Å²) in [5.74, 6) is 0.313. The van der Waals surface area contributed by atoms with Crippen molar-refractivity contribution in [3.8, 4) is 0 Å². The van der Waals surface area contributed by atoms with Gasteiger partial charge in [-0.2, -0.15) is 10.2 Å². The van der Waals surface area contributed by atoms with Crippen LogP contribution in [-0.2, 0) is 13.0 Å². The third-order valence-electron chi connectivity index (χ3n) is 5.14. The smallest absolute Gasteiger partial charge is 0.244 e. The molecule has 158 valence electrons. The summed E-state index contributed by atoms with van der Waals surface area (Å²) in [7, 11) is 0. The zero-order valence-electron chi connectivity index (χ0n) is 15.8. The van der Waals surface area contributed by atoms with Crippen LogP contribution in [0.2, 0.25) is 5.02 Å². The van der Waals surface area contributed by atoms with Gasteiger partial charge in [-0.1, -0.05) is 41.0 Å². The number of nitrogens with one attached hydrogen (secondary N) is 1. The van der Waals surface area contributed by atoms with E-state index in [9.17, 15) is 19.9 Å². The molecular formula is C20H20ClFN4O4. The number of halogens is 2. The number of nitrogens with zero attached hydrogens (tertiary/aromatic N) is 3. The molecule has 3 aromatic rings. The van der Waals surface area contributed by atoms with Crippen molar-refractivity contribution in [2.24, 2.45) is 0 Å². The Labute approximate surface area is 176 Å². The normalized spacial score (nSPS) is 20.6. The molecular weight excluding hydrogens is 415 g/mol. The first-order valence-electron chi connectivity index (χ1n) is 9.40. The van der Waals surface area contributed by atoms with Crippen molar-refractivity contribution < 1.29 is 24.5 Å².